The third kappa shape index (κ3) is 3.64. The molecule has 0 radical (unpaired) electrons. The van der Waals surface area contributed by atoms with Crippen LogP contribution in [0.15, 0.2) is 0 Å². The summed E-state index contributed by atoms with van der Waals surface area (Å²) in [6.07, 6.45) is 1.26. The normalized spacial score (nSPS) is 20.4. The van der Waals surface area contributed by atoms with E-state index in [1.807, 2.05) is 13.8 Å². The minimum absolute atomic E-state index is 0.162. The minimum atomic E-state index is -2.82. The van der Waals surface area contributed by atoms with Gasteiger partial charge in [-0.05, 0) is 26.7 Å². The highest BCUT2D eigenvalue weighted by atomic mass is 32.2. The maximum Gasteiger partial charge on any atom is 0.202 e. The molecule has 0 aromatic carbocycles. The zero-order chi connectivity index (χ0) is 14.1. The summed E-state index contributed by atoms with van der Waals surface area (Å²) >= 11 is 1.28. The van der Waals surface area contributed by atoms with Gasteiger partial charge in [-0.15, -0.1) is 0 Å². The first-order valence-electron chi connectivity index (χ1n) is 6.19. The van der Waals surface area contributed by atoms with E-state index in [2.05, 4.69) is 14.7 Å². The largest absolute Gasteiger partial charge is 0.371 e. The molecule has 1 aromatic rings. The lowest BCUT2D eigenvalue weighted by Gasteiger charge is -2.22. The fraction of sp³-hybridized carbons (Fsp3) is 0.818. The summed E-state index contributed by atoms with van der Waals surface area (Å²) in [6, 6.07) is 0.162. The maximum atomic E-state index is 11.4. The van der Waals surface area contributed by atoms with Gasteiger partial charge in [0, 0.05) is 24.7 Å². The van der Waals surface area contributed by atoms with Gasteiger partial charge in [-0.2, -0.15) is 4.37 Å². The Labute approximate surface area is 117 Å². The predicted octanol–water partition coefficient (Wildman–Crippen LogP) is 1.41. The molecule has 1 aliphatic heterocycles. The lowest BCUT2D eigenvalue weighted by Crippen LogP contribution is -2.32. The van der Waals surface area contributed by atoms with Crippen LogP contribution < -0.4 is 5.32 Å². The van der Waals surface area contributed by atoms with Gasteiger partial charge in [-0.25, -0.2) is 13.4 Å². The number of aromatic nitrogens is 2. The van der Waals surface area contributed by atoms with Crippen molar-refractivity contribution in [3.8, 4) is 0 Å². The van der Waals surface area contributed by atoms with Crippen molar-refractivity contribution in [2.75, 3.05) is 23.9 Å². The van der Waals surface area contributed by atoms with E-state index in [-0.39, 0.29) is 17.5 Å². The first-order valence-corrected chi connectivity index (χ1v) is 8.78. The molecule has 2 rings (SSSR count). The number of nitrogens with zero attached hydrogens (tertiary/aromatic N) is 2. The number of sulfone groups is 1. The smallest absolute Gasteiger partial charge is 0.202 e. The highest BCUT2D eigenvalue weighted by Crippen LogP contribution is 2.25. The molecule has 6 nitrogen and oxygen atoms in total. The molecule has 2 heterocycles. The van der Waals surface area contributed by atoms with Crippen LogP contribution in [-0.2, 0) is 20.2 Å². The lowest BCUT2D eigenvalue weighted by atomic mass is 10.1. The Morgan fingerprint density at radius 2 is 2.00 bits per heavy atom. The van der Waals surface area contributed by atoms with Gasteiger partial charge in [0.1, 0.15) is 15.4 Å². The first-order chi connectivity index (χ1) is 8.82. The number of anilines is 1. The molecule has 0 spiro atoms. The van der Waals surface area contributed by atoms with Gasteiger partial charge >= 0.3 is 0 Å². The van der Waals surface area contributed by atoms with E-state index in [9.17, 15) is 8.42 Å². The monoisotopic (exact) mass is 305 g/mol. The van der Waals surface area contributed by atoms with Crippen LogP contribution in [0.5, 0.6) is 0 Å². The third-order valence-electron chi connectivity index (χ3n) is 3.36. The SMILES string of the molecule is COC(C)(C)c1nsc(NC2CCS(=O)(=O)CC2)n1. The lowest BCUT2D eigenvalue weighted by molar-refractivity contribution is 0.0126. The van der Waals surface area contributed by atoms with E-state index in [0.717, 1.165) is 5.13 Å². The Bertz CT molecular complexity index is 525. The van der Waals surface area contributed by atoms with Crippen molar-refractivity contribution < 1.29 is 13.2 Å². The minimum Gasteiger partial charge on any atom is -0.371 e. The Morgan fingerprint density at radius 1 is 1.37 bits per heavy atom. The molecule has 0 saturated carbocycles. The fourth-order valence-electron chi connectivity index (χ4n) is 1.83. The number of methoxy groups -OCH3 is 1. The number of rotatable bonds is 4. The van der Waals surface area contributed by atoms with E-state index >= 15 is 0 Å². The summed E-state index contributed by atoms with van der Waals surface area (Å²) in [4.78, 5) is 4.41. The van der Waals surface area contributed by atoms with Crippen molar-refractivity contribution in [2.24, 2.45) is 0 Å². The van der Waals surface area contributed by atoms with E-state index in [1.165, 1.54) is 11.5 Å². The molecule has 19 heavy (non-hydrogen) atoms. The van der Waals surface area contributed by atoms with Gasteiger partial charge in [0.2, 0.25) is 5.13 Å². The Morgan fingerprint density at radius 3 is 2.58 bits per heavy atom. The molecule has 1 aromatic heterocycles. The molecule has 1 saturated heterocycles. The van der Waals surface area contributed by atoms with Crippen LogP contribution in [0.3, 0.4) is 0 Å². The van der Waals surface area contributed by atoms with E-state index in [0.29, 0.717) is 18.7 Å². The number of hydrogen-bond donors (Lipinski definition) is 1. The van der Waals surface area contributed by atoms with E-state index in [4.69, 9.17) is 4.74 Å². The maximum absolute atomic E-state index is 11.4. The van der Waals surface area contributed by atoms with Crippen LogP contribution in [0.25, 0.3) is 0 Å². The second-order valence-corrected chi connectivity index (χ2v) is 8.26. The number of nitrogens with one attached hydrogen (secondary N) is 1. The third-order valence-corrected chi connectivity index (χ3v) is 5.72. The van der Waals surface area contributed by atoms with Gasteiger partial charge in [-0.3, -0.25) is 0 Å². The van der Waals surface area contributed by atoms with Gasteiger partial charge in [0.15, 0.2) is 5.82 Å². The topological polar surface area (TPSA) is 81.2 Å². The molecular formula is C11H19N3O3S2. The predicted molar refractivity (Wildman–Crippen MR) is 75.2 cm³/mol. The second kappa shape index (κ2) is 5.34. The highest BCUT2D eigenvalue weighted by molar-refractivity contribution is 7.91. The first kappa shape index (κ1) is 14.7. The van der Waals surface area contributed by atoms with Crippen LogP contribution in [0.2, 0.25) is 0 Å². The molecular weight excluding hydrogens is 286 g/mol. The summed E-state index contributed by atoms with van der Waals surface area (Å²) in [5, 5.41) is 3.99. The van der Waals surface area contributed by atoms with Crippen molar-refractivity contribution in [3.05, 3.63) is 5.82 Å². The summed E-state index contributed by atoms with van der Waals surface area (Å²) in [7, 11) is -1.20. The molecule has 1 N–H and O–H groups in total. The van der Waals surface area contributed by atoms with Crippen LogP contribution >= 0.6 is 11.5 Å². The van der Waals surface area contributed by atoms with Crippen molar-refractivity contribution in [1.82, 2.24) is 9.36 Å². The van der Waals surface area contributed by atoms with Crippen molar-refractivity contribution >= 4 is 26.5 Å². The molecule has 108 valence electrons. The zero-order valence-corrected chi connectivity index (χ0v) is 13.0. The Hall–Kier alpha value is -0.730. The Kier molecular flexibility index (Phi) is 4.12. The molecule has 0 unspecified atom stereocenters. The van der Waals surface area contributed by atoms with Gasteiger partial charge in [-0.1, -0.05) is 0 Å². The van der Waals surface area contributed by atoms with Crippen molar-refractivity contribution in [2.45, 2.75) is 38.3 Å². The highest BCUT2D eigenvalue weighted by Gasteiger charge is 2.27. The molecule has 0 bridgehead atoms. The standard InChI is InChI=1S/C11H19N3O3S2/c1-11(2,17-3)9-13-10(18-14-9)12-8-4-6-19(15,16)7-5-8/h8H,4-7H2,1-3H3,(H,12,13,14). The fourth-order valence-corrected chi connectivity index (χ4v) is 4.10. The summed E-state index contributed by atoms with van der Waals surface area (Å²) in [5.74, 6) is 1.14. The van der Waals surface area contributed by atoms with Crippen molar-refractivity contribution in [1.29, 1.82) is 0 Å². The van der Waals surface area contributed by atoms with Crippen molar-refractivity contribution in [3.63, 3.8) is 0 Å². The van der Waals surface area contributed by atoms with E-state index < -0.39 is 15.4 Å². The van der Waals surface area contributed by atoms with Crippen LogP contribution in [-0.4, -0.2) is 42.4 Å². The van der Waals surface area contributed by atoms with Gasteiger partial charge in [0.25, 0.3) is 0 Å². The van der Waals surface area contributed by atoms with Crippen LogP contribution in [0.1, 0.15) is 32.5 Å². The molecule has 0 atom stereocenters. The summed E-state index contributed by atoms with van der Waals surface area (Å²) in [5.41, 5.74) is -0.508. The summed E-state index contributed by atoms with van der Waals surface area (Å²) < 4.78 is 32.3. The van der Waals surface area contributed by atoms with Crippen LogP contribution in [0, 0.1) is 0 Å². The second-order valence-electron chi connectivity index (χ2n) is 5.21. The van der Waals surface area contributed by atoms with Gasteiger partial charge in [0.05, 0.1) is 11.5 Å². The molecule has 8 heteroatoms. The molecule has 1 aliphatic rings. The summed E-state index contributed by atoms with van der Waals surface area (Å²) in [6.45, 7) is 3.82. The number of hydrogen-bond acceptors (Lipinski definition) is 7. The van der Waals surface area contributed by atoms with Crippen LogP contribution in [0.4, 0.5) is 5.13 Å². The van der Waals surface area contributed by atoms with Gasteiger partial charge < -0.3 is 10.1 Å². The quantitative estimate of drug-likeness (QED) is 0.906. The zero-order valence-electron chi connectivity index (χ0n) is 11.3. The molecule has 0 aliphatic carbocycles. The Balaban J connectivity index is 1.98. The number of ether oxygens (including phenoxy) is 1. The average Bonchev–Trinajstić information content (AvgIpc) is 2.81. The average molecular weight is 305 g/mol. The molecule has 0 amide bonds. The molecule has 1 fully saturated rings. The van der Waals surface area contributed by atoms with E-state index in [1.54, 1.807) is 7.11 Å².